The summed E-state index contributed by atoms with van der Waals surface area (Å²) in [4.78, 5) is 26.3. The van der Waals surface area contributed by atoms with Crippen LogP contribution in [-0.2, 0) is 11.2 Å². The number of ether oxygens (including phenoxy) is 4. The van der Waals surface area contributed by atoms with Crippen molar-refractivity contribution in [1.29, 1.82) is 0 Å². The molecule has 0 spiro atoms. The van der Waals surface area contributed by atoms with Gasteiger partial charge in [-0.1, -0.05) is 12.1 Å². The fourth-order valence-electron chi connectivity index (χ4n) is 4.04. The number of benzene rings is 3. The van der Waals surface area contributed by atoms with Crippen LogP contribution in [-0.4, -0.2) is 41.5 Å². The third-order valence-electron chi connectivity index (χ3n) is 5.79. The molecule has 0 atom stereocenters. The van der Waals surface area contributed by atoms with Gasteiger partial charge in [-0.25, -0.2) is 0 Å². The Morgan fingerprint density at radius 2 is 1.62 bits per heavy atom. The van der Waals surface area contributed by atoms with Crippen LogP contribution in [0.4, 0.5) is 0 Å². The van der Waals surface area contributed by atoms with Crippen molar-refractivity contribution in [1.82, 2.24) is 8.75 Å². The summed E-state index contributed by atoms with van der Waals surface area (Å²) in [5, 5.41) is 12.5. The summed E-state index contributed by atoms with van der Waals surface area (Å²) in [5.74, 6) is -0.0823. The normalized spacial score (nSPS) is 12.5. The van der Waals surface area contributed by atoms with E-state index in [1.165, 1.54) is 14.2 Å². The van der Waals surface area contributed by atoms with E-state index in [1.807, 2.05) is 0 Å². The first kappa shape index (κ1) is 26.6. The SMILES string of the molecule is COc1ccc(C/C(C(=O)c2ccc3c(c2)OCO3)=C(\C(=O)[O-])c2ccc3nsnc3c2)cc1OC.[Na+]. The van der Waals surface area contributed by atoms with Crippen LogP contribution in [0.3, 0.4) is 0 Å². The molecule has 0 radical (unpaired) electrons. The maximum Gasteiger partial charge on any atom is 1.00 e. The van der Waals surface area contributed by atoms with Gasteiger partial charge in [0.05, 0.1) is 31.9 Å². The van der Waals surface area contributed by atoms with Gasteiger partial charge < -0.3 is 28.8 Å². The number of nitrogens with zero attached hydrogens (tertiary/aromatic N) is 2. The van der Waals surface area contributed by atoms with Crippen molar-refractivity contribution >= 4 is 40.1 Å². The summed E-state index contributed by atoms with van der Waals surface area (Å²) in [7, 11) is 3.02. The van der Waals surface area contributed by atoms with E-state index in [2.05, 4.69) is 8.75 Å². The van der Waals surface area contributed by atoms with Crippen LogP contribution in [0.25, 0.3) is 16.6 Å². The molecular formula is C26H19N2NaO7S. The molecule has 0 amide bonds. The molecule has 4 aromatic rings. The average Bonchev–Trinajstić information content (AvgIpc) is 3.56. The molecule has 0 fully saturated rings. The molecule has 1 aliphatic heterocycles. The number of aliphatic carboxylic acids is 1. The number of carbonyl (C=O) groups excluding carboxylic acids is 2. The quantitative estimate of drug-likeness (QED) is 0.178. The van der Waals surface area contributed by atoms with E-state index in [9.17, 15) is 14.7 Å². The van der Waals surface area contributed by atoms with E-state index in [1.54, 1.807) is 54.6 Å². The summed E-state index contributed by atoms with van der Waals surface area (Å²) in [6, 6.07) is 14.7. The number of methoxy groups -OCH3 is 2. The fraction of sp³-hybridized carbons (Fsp3) is 0.154. The van der Waals surface area contributed by atoms with Crippen molar-refractivity contribution in [2.24, 2.45) is 0 Å². The number of rotatable bonds is 8. The molecule has 0 saturated carbocycles. The van der Waals surface area contributed by atoms with Gasteiger partial charge >= 0.3 is 29.6 Å². The maximum atomic E-state index is 13.8. The zero-order chi connectivity index (χ0) is 25.2. The van der Waals surface area contributed by atoms with Crippen molar-refractivity contribution in [3.05, 3.63) is 76.9 Å². The summed E-state index contributed by atoms with van der Waals surface area (Å²) < 4.78 is 29.8. The maximum absolute atomic E-state index is 13.8. The largest absolute Gasteiger partial charge is 1.00 e. The molecule has 5 rings (SSSR count). The number of hydrogen-bond donors (Lipinski definition) is 0. The number of Topliss-reactive ketones (excluding diaryl/α,β-unsaturated/α-hetero) is 1. The number of carboxylic acid groups (broad SMARTS) is 1. The first-order valence-corrected chi connectivity index (χ1v) is 11.5. The molecule has 1 aromatic heterocycles. The topological polar surface area (TPSA) is 120 Å². The van der Waals surface area contributed by atoms with Crippen LogP contribution in [0.1, 0.15) is 21.5 Å². The van der Waals surface area contributed by atoms with Gasteiger partial charge in [0.1, 0.15) is 11.0 Å². The summed E-state index contributed by atoms with van der Waals surface area (Å²) >= 11 is 1.02. The Hall–Kier alpha value is -3.44. The minimum atomic E-state index is -1.48. The molecule has 0 unspecified atom stereocenters. The number of carbonyl (C=O) groups is 2. The first-order chi connectivity index (χ1) is 17.5. The Morgan fingerprint density at radius 3 is 2.38 bits per heavy atom. The van der Waals surface area contributed by atoms with Crippen molar-refractivity contribution in [2.75, 3.05) is 21.0 Å². The van der Waals surface area contributed by atoms with E-state index < -0.39 is 11.8 Å². The summed E-state index contributed by atoms with van der Waals surface area (Å²) in [5.41, 5.74) is 2.14. The third-order valence-corrected chi connectivity index (χ3v) is 6.34. The van der Waals surface area contributed by atoms with Crippen LogP contribution in [0.15, 0.2) is 60.2 Å². The van der Waals surface area contributed by atoms with Crippen LogP contribution in [0, 0.1) is 0 Å². The zero-order valence-electron chi connectivity index (χ0n) is 20.3. The molecule has 1 aliphatic rings. The van der Waals surface area contributed by atoms with Gasteiger partial charge in [-0.2, -0.15) is 8.75 Å². The summed E-state index contributed by atoms with van der Waals surface area (Å²) in [6.45, 7) is 0.0489. The van der Waals surface area contributed by atoms with Gasteiger partial charge in [-0.05, 0) is 53.6 Å². The molecule has 2 heterocycles. The number of allylic oxidation sites excluding steroid dienone is 1. The molecule has 37 heavy (non-hydrogen) atoms. The number of carboxylic acids is 1. The number of ketones is 1. The van der Waals surface area contributed by atoms with Crippen molar-refractivity contribution in [2.45, 2.75) is 6.42 Å². The molecule has 3 aromatic carbocycles. The number of hydrogen-bond acceptors (Lipinski definition) is 10. The minimum Gasteiger partial charge on any atom is -0.545 e. The van der Waals surface area contributed by atoms with Crippen molar-refractivity contribution in [3.8, 4) is 23.0 Å². The van der Waals surface area contributed by atoms with Crippen LogP contribution in [0.5, 0.6) is 23.0 Å². The Labute approximate surface area is 238 Å². The molecular weight excluding hydrogens is 507 g/mol. The Bertz CT molecular complexity index is 1530. The smallest absolute Gasteiger partial charge is 0.545 e. The number of aromatic nitrogens is 2. The predicted octanol–water partition coefficient (Wildman–Crippen LogP) is 0.0703. The second kappa shape index (κ2) is 11.3. The molecule has 182 valence electrons. The second-order valence-corrected chi connectivity index (χ2v) is 8.40. The van der Waals surface area contributed by atoms with Gasteiger partial charge in [0.25, 0.3) is 0 Å². The van der Waals surface area contributed by atoms with Crippen LogP contribution >= 0.6 is 11.7 Å². The van der Waals surface area contributed by atoms with E-state index in [4.69, 9.17) is 18.9 Å². The molecule has 9 nitrogen and oxygen atoms in total. The predicted molar refractivity (Wildman–Crippen MR) is 129 cm³/mol. The standard InChI is InChI=1S/C26H20N2O7S.Na/c1-32-20-7-3-14(10-22(20)33-2)9-17(25(29)16-5-8-21-23(12-16)35-13-34-21)24(26(30)31)15-4-6-18-19(11-15)28-36-27-18;/h3-8,10-12H,9,13H2,1-2H3,(H,30,31);/q;+1/p-1/b24-17+;. The molecule has 0 saturated heterocycles. The Kier molecular flexibility index (Phi) is 8.13. The zero-order valence-corrected chi connectivity index (χ0v) is 23.1. The van der Waals surface area contributed by atoms with Crippen molar-refractivity contribution in [3.63, 3.8) is 0 Å². The van der Waals surface area contributed by atoms with E-state index in [-0.39, 0.29) is 59.5 Å². The van der Waals surface area contributed by atoms with Gasteiger partial charge in [0.15, 0.2) is 28.8 Å². The molecule has 0 aliphatic carbocycles. The van der Waals surface area contributed by atoms with Gasteiger partial charge in [0.2, 0.25) is 6.79 Å². The average molecular weight is 527 g/mol. The minimum absolute atomic E-state index is 0. The monoisotopic (exact) mass is 526 g/mol. The summed E-state index contributed by atoms with van der Waals surface area (Å²) in [6.07, 6.45) is -0.00963. The van der Waals surface area contributed by atoms with Crippen LogP contribution in [0.2, 0.25) is 0 Å². The van der Waals surface area contributed by atoms with Crippen molar-refractivity contribution < 1.29 is 63.2 Å². The third kappa shape index (κ3) is 5.33. The van der Waals surface area contributed by atoms with Gasteiger partial charge in [0, 0.05) is 23.1 Å². The first-order valence-electron chi connectivity index (χ1n) is 10.8. The molecule has 11 heteroatoms. The number of fused-ring (bicyclic) bond motifs is 2. The van der Waals surface area contributed by atoms with E-state index >= 15 is 0 Å². The van der Waals surface area contributed by atoms with Crippen LogP contribution < -0.4 is 53.6 Å². The Balaban J connectivity index is 0.00000320. The Morgan fingerprint density at radius 1 is 0.892 bits per heavy atom. The van der Waals surface area contributed by atoms with Gasteiger partial charge in [-0.3, -0.25) is 4.79 Å². The molecule has 0 bridgehead atoms. The van der Waals surface area contributed by atoms with E-state index in [0.29, 0.717) is 45.2 Å². The second-order valence-electron chi connectivity index (χ2n) is 7.87. The van der Waals surface area contributed by atoms with E-state index in [0.717, 1.165) is 11.7 Å². The molecule has 0 N–H and O–H groups in total. The fourth-order valence-corrected chi connectivity index (χ4v) is 4.56. The van der Waals surface area contributed by atoms with Gasteiger partial charge in [-0.15, -0.1) is 0 Å².